The van der Waals surface area contributed by atoms with Crippen LogP contribution in [0.25, 0.3) is 0 Å². The second-order valence-corrected chi connectivity index (χ2v) is 3.87. The van der Waals surface area contributed by atoms with Gasteiger partial charge in [-0.25, -0.2) is 0 Å². The van der Waals surface area contributed by atoms with E-state index in [1.54, 1.807) is 48.5 Å². The van der Waals surface area contributed by atoms with Crippen molar-refractivity contribution < 1.29 is 14.3 Å². The molecule has 2 aromatic rings. The Morgan fingerprint density at radius 3 is 1.75 bits per heavy atom. The lowest BCUT2D eigenvalue weighted by atomic mass is 10.1. The van der Waals surface area contributed by atoms with Gasteiger partial charge in [0.05, 0.1) is 0 Å². The molecule has 0 N–H and O–H groups in total. The minimum absolute atomic E-state index is 0.0249. The van der Waals surface area contributed by atoms with Crippen LogP contribution in [0, 0.1) is 0 Å². The maximum Gasteiger partial charge on any atom is 0.159 e. The molecule has 0 atom stereocenters. The van der Waals surface area contributed by atoms with E-state index in [9.17, 15) is 9.59 Å². The average molecular weight is 270 g/mol. The number of carbonyl (C=O) groups excluding carboxylic acids is 2. The normalized spacial score (nSPS) is 9.15. The Labute approximate surface area is 119 Å². The minimum atomic E-state index is 0.0249. The molecule has 2 rings (SSSR count). The Bertz CT molecular complexity index is 554. The van der Waals surface area contributed by atoms with Gasteiger partial charge in [0.1, 0.15) is 17.8 Å². The van der Waals surface area contributed by atoms with Gasteiger partial charge in [-0.1, -0.05) is 13.8 Å². The SMILES string of the molecule is CC.CC(=O)c1ccc(Oc2ccc(C=O)cc2)cc1. The molecule has 0 heterocycles. The standard InChI is InChI=1S/C15H12O3.C2H6/c1-11(17)13-4-8-15(9-5-13)18-14-6-2-12(10-16)3-7-14;1-2/h2-10H,1H3;1-2H3. The third-order valence-electron chi connectivity index (χ3n) is 2.51. The second-order valence-electron chi connectivity index (χ2n) is 3.87. The highest BCUT2D eigenvalue weighted by atomic mass is 16.5. The Balaban J connectivity index is 0.000000956. The summed E-state index contributed by atoms with van der Waals surface area (Å²) in [6.07, 6.45) is 0.783. The Morgan fingerprint density at radius 1 is 0.900 bits per heavy atom. The highest BCUT2D eigenvalue weighted by Crippen LogP contribution is 2.21. The fourth-order valence-corrected chi connectivity index (χ4v) is 1.51. The summed E-state index contributed by atoms with van der Waals surface area (Å²) in [6, 6.07) is 13.7. The van der Waals surface area contributed by atoms with Crippen molar-refractivity contribution in [2.24, 2.45) is 0 Å². The number of aldehydes is 1. The lowest BCUT2D eigenvalue weighted by Crippen LogP contribution is -1.91. The third-order valence-corrected chi connectivity index (χ3v) is 2.51. The molecule has 0 bridgehead atoms. The lowest BCUT2D eigenvalue weighted by Gasteiger charge is -2.06. The molecule has 0 saturated heterocycles. The van der Waals surface area contributed by atoms with Crippen molar-refractivity contribution in [3.63, 3.8) is 0 Å². The van der Waals surface area contributed by atoms with E-state index in [2.05, 4.69) is 0 Å². The smallest absolute Gasteiger partial charge is 0.159 e. The molecule has 104 valence electrons. The van der Waals surface area contributed by atoms with Crippen LogP contribution in [0.15, 0.2) is 48.5 Å². The van der Waals surface area contributed by atoms with Crippen LogP contribution in [-0.2, 0) is 0 Å². The van der Waals surface area contributed by atoms with Gasteiger partial charge in [-0.05, 0) is 55.5 Å². The van der Waals surface area contributed by atoms with Crippen molar-refractivity contribution in [1.29, 1.82) is 0 Å². The zero-order valence-corrected chi connectivity index (χ0v) is 11.9. The van der Waals surface area contributed by atoms with Gasteiger partial charge in [0, 0.05) is 11.1 Å². The van der Waals surface area contributed by atoms with Crippen molar-refractivity contribution >= 4 is 12.1 Å². The number of ether oxygens (including phenoxy) is 1. The number of hydrogen-bond donors (Lipinski definition) is 0. The maximum atomic E-state index is 11.1. The first-order valence-electron chi connectivity index (χ1n) is 6.53. The highest BCUT2D eigenvalue weighted by Gasteiger charge is 2.01. The van der Waals surface area contributed by atoms with Gasteiger partial charge in [-0.2, -0.15) is 0 Å². The molecule has 20 heavy (non-hydrogen) atoms. The van der Waals surface area contributed by atoms with Crippen molar-refractivity contribution in [3.8, 4) is 11.5 Å². The number of Topliss-reactive ketones (excluding diaryl/α,β-unsaturated/α-hetero) is 1. The van der Waals surface area contributed by atoms with Gasteiger partial charge in [0.15, 0.2) is 5.78 Å². The predicted octanol–water partition coefficient (Wildman–Crippen LogP) is 4.52. The molecule has 0 amide bonds. The summed E-state index contributed by atoms with van der Waals surface area (Å²) in [6.45, 7) is 5.52. The first kappa shape index (κ1) is 15.6. The molecule has 0 fully saturated rings. The Kier molecular flexibility index (Phi) is 6.17. The van der Waals surface area contributed by atoms with E-state index in [1.165, 1.54) is 6.92 Å². The van der Waals surface area contributed by atoms with Gasteiger partial charge in [-0.15, -0.1) is 0 Å². The van der Waals surface area contributed by atoms with Gasteiger partial charge in [0.2, 0.25) is 0 Å². The van der Waals surface area contributed by atoms with Crippen LogP contribution in [0.1, 0.15) is 41.5 Å². The third kappa shape index (κ3) is 4.35. The first-order valence-corrected chi connectivity index (χ1v) is 6.53. The quantitative estimate of drug-likeness (QED) is 0.606. The van der Waals surface area contributed by atoms with Crippen LogP contribution in [0.2, 0.25) is 0 Å². The van der Waals surface area contributed by atoms with Crippen LogP contribution in [0.5, 0.6) is 11.5 Å². The Hall–Kier alpha value is -2.42. The summed E-state index contributed by atoms with van der Waals surface area (Å²) in [5.41, 5.74) is 1.26. The molecular weight excluding hydrogens is 252 g/mol. The summed E-state index contributed by atoms with van der Waals surface area (Å²) in [7, 11) is 0. The fourth-order valence-electron chi connectivity index (χ4n) is 1.51. The zero-order valence-electron chi connectivity index (χ0n) is 11.9. The van der Waals surface area contributed by atoms with Crippen LogP contribution in [-0.4, -0.2) is 12.1 Å². The minimum Gasteiger partial charge on any atom is -0.457 e. The number of benzene rings is 2. The van der Waals surface area contributed by atoms with Crippen LogP contribution < -0.4 is 4.74 Å². The molecule has 2 aromatic carbocycles. The lowest BCUT2D eigenvalue weighted by molar-refractivity contribution is 0.101. The van der Waals surface area contributed by atoms with Crippen molar-refractivity contribution in [1.82, 2.24) is 0 Å². The van der Waals surface area contributed by atoms with Gasteiger partial charge < -0.3 is 4.74 Å². The summed E-state index contributed by atoms with van der Waals surface area (Å²) in [5.74, 6) is 1.33. The van der Waals surface area contributed by atoms with E-state index in [0.29, 0.717) is 22.6 Å². The predicted molar refractivity (Wildman–Crippen MR) is 79.7 cm³/mol. The van der Waals surface area contributed by atoms with Gasteiger partial charge in [0.25, 0.3) is 0 Å². The maximum absolute atomic E-state index is 11.1. The summed E-state index contributed by atoms with van der Waals surface area (Å²) >= 11 is 0. The fraction of sp³-hybridized carbons (Fsp3) is 0.176. The van der Waals surface area contributed by atoms with Gasteiger partial charge in [-0.3, -0.25) is 9.59 Å². The summed E-state index contributed by atoms with van der Waals surface area (Å²) in [5, 5.41) is 0. The summed E-state index contributed by atoms with van der Waals surface area (Å²) in [4.78, 5) is 21.6. The molecule has 0 unspecified atom stereocenters. The molecule has 0 aromatic heterocycles. The highest BCUT2D eigenvalue weighted by molar-refractivity contribution is 5.94. The number of rotatable bonds is 4. The molecule has 3 nitrogen and oxygen atoms in total. The van der Waals surface area contributed by atoms with Crippen molar-refractivity contribution in [2.45, 2.75) is 20.8 Å². The number of carbonyl (C=O) groups is 2. The molecule has 3 heteroatoms. The van der Waals surface area contributed by atoms with Crippen LogP contribution in [0.3, 0.4) is 0 Å². The average Bonchev–Trinajstić information content (AvgIpc) is 2.50. The second kappa shape index (κ2) is 7.89. The summed E-state index contributed by atoms with van der Waals surface area (Å²) < 4.78 is 5.59. The van der Waals surface area contributed by atoms with E-state index in [1.807, 2.05) is 13.8 Å². The van der Waals surface area contributed by atoms with Crippen LogP contribution in [0.4, 0.5) is 0 Å². The Morgan fingerprint density at radius 2 is 1.35 bits per heavy atom. The molecule has 0 spiro atoms. The molecule has 0 aliphatic carbocycles. The van der Waals surface area contributed by atoms with Crippen molar-refractivity contribution in [3.05, 3.63) is 59.7 Å². The first-order chi connectivity index (χ1) is 9.69. The molecular formula is C17H18O3. The zero-order chi connectivity index (χ0) is 15.0. The molecule has 0 aliphatic heterocycles. The molecule has 0 radical (unpaired) electrons. The van der Waals surface area contributed by atoms with E-state index in [4.69, 9.17) is 4.74 Å². The largest absolute Gasteiger partial charge is 0.457 e. The van der Waals surface area contributed by atoms with E-state index >= 15 is 0 Å². The van der Waals surface area contributed by atoms with Crippen LogP contribution >= 0.6 is 0 Å². The van der Waals surface area contributed by atoms with E-state index in [-0.39, 0.29) is 5.78 Å². The molecule has 0 aliphatic rings. The number of ketones is 1. The van der Waals surface area contributed by atoms with E-state index in [0.717, 1.165) is 6.29 Å². The van der Waals surface area contributed by atoms with Crippen molar-refractivity contribution in [2.75, 3.05) is 0 Å². The van der Waals surface area contributed by atoms with E-state index < -0.39 is 0 Å². The monoisotopic (exact) mass is 270 g/mol. The number of hydrogen-bond acceptors (Lipinski definition) is 3. The topological polar surface area (TPSA) is 43.4 Å². The van der Waals surface area contributed by atoms with Gasteiger partial charge >= 0.3 is 0 Å². The molecule has 0 saturated carbocycles.